The summed E-state index contributed by atoms with van der Waals surface area (Å²) in [5, 5.41) is 0. The van der Waals surface area contributed by atoms with Crippen molar-refractivity contribution in [1.82, 2.24) is 0 Å². The van der Waals surface area contributed by atoms with E-state index < -0.39 is 0 Å². The molecule has 7 atom stereocenters. The molecule has 4 fully saturated rings. The summed E-state index contributed by atoms with van der Waals surface area (Å²) < 4.78 is 16.2. The largest absolute Gasteiger partial charge is 0.462 e. The molecule has 0 amide bonds. The van der Waals surface area contributed by atoms with E-state index in [-0.39, 0.29) is 59.3 Å². The van der Waals surface area contributed by atoms with Gasteiger partial charge in [-0.05, 0) is 61.7 Å². The minimum absolute atomic E-state index is 0.0153. The van der Waals surface area contributed by atoms with Crippen molar-refractivity contribution in [1.29, 1.82) is 0 Å². The van der Waals surface area contributed by atoms with Crippen LogP contribution >= 0.6 is 0 Å². The predicted molar refractivity (Wildman–Crippen MR) is 94.9 cm³/mol. The zero-order chi connectivity index (χ0) is 18.7. The van der Waals surface area contributed by atoms with Crippen LogP contribution in [0.1, 0.15) is 59.3 Å². The fourth-order valence-electron chi connectivity index (χ4n) is 6.71. The maximum atomic E-state index is 13.1. The van der Waals surface area contributed by atoms with Crippen LogP contribution in [0.3, 0.4) is 0 Å². The van der Waals surface area contributed by atoms with Gasteiger partial charge in [-0.3, -0.25) is 9.59 Å². The maximum absolute atomic E-state index is 13.1. The Morgan fingerprint density at radius 1 is 0.962 bits per heavy atom. The summed E-state index contributed by atoms with van der Waals surface area (Å²) in [7, 11) is 1.50. The summed E-state index contributed by atoms with van der Waals surface area (Å²) in [6.45, 7) is 6.87. The van der Waals surface area contributed by atoms with E-state index in [1.54, 1.807) is 0 Å². The lowest BCUT2D eigenvalue weighted by Gasteiger charge is -2.39. The van der Waals surface area contributed by atoms with Crippen LogP contribution < -0.4 is 0 Å². The Balaban J connectivity index is 1.48. The quantitative estimate of drug-likeness (QED) is 0.551. The van der Waals surface area contributed by atoms with Gasteiger partial charge >= 0.3 is 11.9 Å². The first-order valence-corrected chi connectivity index (χ1v) is 10.2. The number of esters is 2. The topological polar surface area (TPSA) is 61.8 Å². The highest BCUT2D eigenvalue weighted by molar-refractivity contribution is 5.84. The molecule has 4 bridgehead atoms. The van der Waals surface area contributed by atoms with Gasteiger partial charge in [-0.15, -0.1) is 0 Å². The third kappa shape index (κ3) is 2.45. The van der Waals surface area contributed by atoms with Crippen LogP contribution in [-0.2, 0) is 23.8 Å². The molecule has 0 aromatic heterocycles. The number of hydrogen-bond donors (Lipinski definition) is 0. The minimum Gasteiger partial charge on any atom is -0.462 e. The standard InChI is InChI=1S/C21H32O5/c1-20(2)14-7-8-21(20,3)15(10-14)26-19(23)17-13-6-5-12(9-13)16(17)18(22)25-11-24-4/h12-17H,5-11H2,1-4H3. The predicted octanol–water partition coefficient (Wildman–Crippen LogP) is 3.55. The van der Waals surface area contributed by atoms with E-state index in [1.165, 1.54) is 13.5 Å². The lowest BCUT2D eigenvalue weighted by atomic mass is 9.70. The molecule has 0 radical (unpaired) electrons. The molecule has 7 unspecified atom stereocenters. The molecule has 4 rings (SSSR count). The van der Waals surface area contributed by atoms with Gasteiger partial charge in [-0.25, -0.2) is 0 Å². The van der Waals surface area contributed by atoms with Crippen molar-refractivity contribution in [2.75, 3.05) is 13.9 Å². The van der Waals surface area contributed by atoms with Crippen molar-refractivity contribution < 1.29 is 23.8 Å². The highest BCUT2D eigenvalue weighted by Crippen LogP contribution is 2.66. The Labute approximate surface area is 156 Å². The van der Waals surface area contributed by atoms with E-state index in [0.29, 0.717) is 5.92 Å². The highest BCUT2D eigenvalue weighted by Gasteiger charge is 2.64. The van der Waals surface area contributed by atoms with Crippen molar-refractivity contribution in [2.24, 2.45) is 40.4 Å². The van der Waals surface area contributed by atoms with Gasteiger partial charge in [-0.1, -0.05) is 20.8 Å². The van der Waals surface area contributed by atoms with Gasteiger partial charge in [0.05, 0.1) is 11.8 Å². The van der Waals surface area contributed by atoms with Crippen LogP contribution in [0.5, 0.6) is 0 Å². The SMILES string of the molecule is COCOC(=O)C1C2CCC(C2)C1C(=O)OC1CC2CCC1(C)C2(C)C. The van der Waals surface area contributed by atoms with Crippen molar-refractivity contribution in [3.63, 3.8) is 0 Å². The third-order valence-corrected chi connectivity index (χ3v) is 8.75. The second-order valence-electron chi connectivity index (χ2n) is 9.79. The Bertz CT molecular complexity index is 599. The van der Waals surface area contributed by atoms with Crippen LogP contribution in [0.4, 0.5) is 0 Å². The first kappa shape index (κ1) is 18.3. The third-order valence-electron chi connectivity index (χ3n) is 8.75. The number of carbonyl (C=O) groups is 2. The van der Waals surface area contributed by atoms with Gasteiger partial charge in [0, 0.05) is 12.5 Å². The van der Waals surface area contributed by atoms with Gasteiger partial charge in [0.25, 0.3) is 0 Å². The van der Waals surface area contributed by atoms with Gasteiger partial charge in [0.15, 0.2) is 6.79 Å². The number of fused-ring (bicyclic) bond motifs is 4. The number of hydrogen-bond acceptors (Lipinski definition) is 5. The Hall–Kier alpha value is -1.10. The average Bonchev–Trinajstić information content (AvgIpc) is 3.30. The molecule has 5 heteroatoms. The fourth-order valence-corrected chi connectivity index (χ4v) is 6.71. The summed E-state index contributed by atoms with van der Waals surface area (Å²) in [5.74, 6) is 0.0279. The molecule has 4 aliphatic rings. The summed E-state index contributed by atoms with van der Waals surface area (Å²) in [5.41, 5.74) is 0.264. The molecule has 0 aromatic rings. The molecule has 0 aromatic carbocycles. The lowest BCUT2D eigenvalue weighted by Crippen LogP contribution is -2.42. The molecule has 5 nitrogen and oxygen atoms in total. The van der Waals surface area contributed by atoms with E-state index in [2.05, 4.69) is 20.8 Å². The first-order chi connectivity index (χ1) is 12.3. The summed E-state index contributed by atoms with van der Waals surface area (Å²) >= 11 is 0. The van der Waals surface area contributed by atoms with E-state index in [1.807, 2.05) is 0 Å². The second kappa shape index (κ2) is 6.22. The van der Waals surface area contributed by atoms with Crippen LogP contribution in [-0.4, -0.2) is 31.9 Å². The summed E-state index contributed by atoms with van der Waals surface area (Å²) in [4.78, 5) is 25.7. The molecular weight excluding hydrogens is 332 g/mol. The van der Waals surface area contributed by atoms with Crippen LogP contribution in [0.25, 0.3) is 0 Å². The smallest absolute Gasteiger partial charge is 0.312 e. The molecule has 0 heterocycles. The van der Waals surface area contributed by atoms with Crippen LogP contribution in [0.15, 0.2) is 0 Å². The molecule has 0 spiro atoms. The number of methoxy groups -OCH3 is 1. The number of carbonyl (C=O) groups excluding carboxylic acids is 2. The Kier molecular flexibility index (Phi) is 4.37. The monoisotopic (exact) mass is 364 g/mol. The molecule has 4 aliphatic carbocycles. The number of ether oxygens (including phenoxy) is 3. The lowest BCUT2D eigenvalue weighted by molar-refractivity contribution is -0.175. The van der Waals surface area contributed by atoms with Crippen LogP contribution in [0.2, 0.25) is 0 Å². The zero-order valence-corrected chi connectivity index (χ0v) is 16.5. The maximum Gasteiger partial charge on any atom is 0.312 e. The normalized spacial score (nSPS) is 45.1. The minimum atomic E-state index is -0.351. The zero-order valence-electron chi connectivity index (χ0n) is 16.5. The summed E-state index contributed by atoms with van der Waals surface area (Å²) in [6, 6.07) is 0. The Morgan fingerprint density at radius 2 is 1.62 bits per heavy atom. The molecule has 0 saturated heterocycles. The summed E-state index contributed by atoms with van der Waals surface area (Å²) in [6.07, 6.45) is 6.29. The molecule has 0 N–H and O–H groups in total. The van der Waals surface area contributed by atoms with Crippen molar-refractivity contribution >= 4 is 11.9 Å². The van der Waals surface area contributed by atoms with Gasteiger partial charge in [0.2, 0.25) is 0 Å². The molecular formula is C21H32O5. The van der Waals surface area contributed by atoms with E-state index in [0.717, 1.165) is 32.1 Å². The highest BCUT2D eigenvalue weighted by atomic mass is 16.7. The van der Waals surface area contributed by atoms with Crippen molar-refractivity contribution in [3.05, 3.63) is 0 Å². The van der Waals surface area contributed by atoms with E-state index >= 15 is 0 Å². The van der Waals surface area contributed by atoms with Crippen molar-refractivity contribution in [3.8, 4) is 0 Å². The van der Waals surface area contributed by atoms with E-state index in [9.17, 15) is 9.59 Å². The number of rotatable bonds is 5. The van der Waals surface area contributed by atoms with Gasteiger partial charge in [-0.2, -0.15) is 0 Å². The first-order valence-electron chi connectivity index (χ1n) is 10.2. The van der Waals surface area contributed by atoms with Gasteiger partial charge < -0.3 is 14.2 Å². The second-order valence-corrected chi connectivity index (χ2v) is 9.79. The average molecular weight is 364 g/mol. The molecule has 4 saturated carbocycles. The van der Waals surface area contributed by atoms with Crippen LogP contribution in [0, 0.1) is 40.4 Å². The van der Waals surface area contributed by atoms with Gasteiger partial charge in [0.1, 0.15) is 6.10 Å². The molecule has 0 aliphatic heterocycles. The van der Waals surface area contributed by atoms with Crippen molar-refractivity contribution in [2.45, 2.75) is 65.4 Å². The fraction of sp³-hybridized carbons (Fsp3) is 0.905. The van der Waals surface area contributed by atoms with E-state index in [4.69, 9.17) is 14.2 Å². The molecule has 146 valence electrons. The molecule has 26 heavy (non-hydrogen) atoms. The Morgan fingerprint density at radius 3 is 2.15 bits per heavy atom.